The van der Waals surface area contributed by atoms with Gasteiger partial charge in [0.05, 0.1) is 0 Å². The maximum atomic E-state index is 2.61. The second-order valence-corrected chi connectivity index (χ2v) is 3.80. The summed E-state index contributed by atoms with van der Waals surface area (Å²) in [5.41, 5.74) is 0. The molecule has 1 saturated carbocycles. The molecule has 2 rings (SSSR count). The Labute approximate surface area is 127 Å². The summed E-state index contributed by atoms with van der Waals surface area (Å²) < 4.78 is 0. The van der Waals surface area contributed by atoms with Crippen LogP contribution in [0.15, 0.2) is 0 Å². The van der Waals surface area contributed by atoms with Crippen LogP contribution < -0.4 is 51.4 Å². The van der Waals surface area contributed by atoms with E-state index in [2.05, 4.69) is 4.90 Å². The van der Waals surface area contributed by atoms with Gasteiger partial charge in [-0.2, -0.15) is 0 Å². The predicted molar refractivity (Wildman–Crippen MR) is 55.8 cm³/mol. The van der Waals surface area contributed by atoms with Gasteiger partial charge in [-0.3, -0.25) is 0 Å². The zero-order valence-electron chi connectivity index (χ0n) is 9.68. The summed E-state index contributed by atoms with van der Waals surface area (Å²) in [6, 6.07) is 0. The van der Waals surface area contributed by atoms with E-state index < -0.39 is 0 Å². The minimum absolute atomic E-state index is 0. The quantitative estimate of drug-likeness (QED) is 0.448. The molecule has 2 fully saturated rings. The van der Waals surface area contributed by atoms with Crippen molar-refractivity contribution in [3.8, 4) is 0 Å². The number of hydrogen-bond donors (Lipinski definition) is 0. The summed E-state index contributed by atoms with van der Waals surface area (Å²) in [4.78, 5) is 2.61. The largest absolute Gasteiger partial charge is 1.00 e. The van der Waals surface area contributed by atoms with Gasteiger partial charge in [-0.25, -0.2) is 0 Å². The average molecular weight is 208 g/mol. The summed E-state index contributed by atoms with van der Waals surface area (Å²) >= 11 is 0. The fourth-order valence-corrected chi connectivity index (χ4v) is 2.12. The third-order valence-electron chi connectivity index (χ3n) is 2.94. The number of likely N-dealkylation sites (tertiary alicyclic amines) is 1. The molecule has 13 heavy (non-hydrogen) atoms. The van der Waals surface area contributed by atoms with Gasteiger partial charge in [0.25, 0.3) is 0 Å². The fourth-order valence-electron chi connectivity index (χ4n) is 2.12. The number of hydrogen-bond acceptors (Lipinski definition) is 1. The van der Waals surface area contributed by atoms with Gasteiger partial charge in [-0.05, 0) is 38.3 Å². The maximum Gasteiger partial charge on any atom is 1.00 e. The van der Waals surface area contributed by atoms with Gasteiger partial charge in [0.15, 0.2) is 0 Å². The molecule has 1 nitrogen and oxygen atoms in total. The van der Waals surface area contributed by atoms with Gasteiger partial charge in [0, 0.05) is 6.54 Å². The second-order valence-electron chi connectivity index (χ2n) is 3.80. The third kappa shape index (κ3) is 5.29. The first-order chi connectivity index (χ1) is 4.95. The normalized spacial score (nSPS) is 22.2. The molecule has 0 spiro atoms. The molecule has 1 aliphatic heterocycles. The summed E-state index contributed by atoms with van der Waals surface area (Å²) in [6.07, 6.45) is 7.47. The van der Waals surface area contributed by atoms with Crippen molar-refractivity contribution in [1.29, 1.82) is 0 Å². The van der Waals surface area contributed by atoms with E-state index in [1.54, 1.807) is 0 Å². The maximum absolute atomic E-state index is 2.61. The number of rotatable bonds is 2. The molecule has 0 atom stereocenters. The SMILES string of the molecule is C1CCC(CN2CCC2)C1.[CH3-].[CH3-].[K+]. The Balaban J connectivity index is 0. The monoisotopic (exact) mass is 208 g/mol. The van der Waals surface area contributed by atoms with Crippen molar-refractivity contribution in [3.05, 3.63) is 14.9 Å². The Hall–Kier alpha value is 1.60. The minimum atomic E-state index is 0. The molecule has 2 aliphatic rings. The summed E-state index contributed by atoms with van der Waals surface area (Å²) in [6.45, 7) is 4.19. The Morgan fingerprint density at radius 3 is 1.85 bits per heavy atom. The van der Waals surface area contributed by atoms with E-state index in [9.17, 15) is 0 Å². The molecule has 1 saturated heterocycles. The van der Waals surface area contributed by atoms with E-state index in [1.165, 1.54) is 51.7 Å². The molecular weight excluding hydrogens is 185 g/mol. The fraction of sp³-hybridized carbons (Fsp3) is 0.818. The molecule has 2 heteroatoms. The van der Waals surface area contributed by atoms with Crippen LogP contribution in [0.4, 0.5) is 0 Å². The molecule has 74 valence electrons. The molecule has 0 amide bonds. The zero-order chi connectivity index (χ0) is 6.81. The van der Waals surface area contributed by atoms with E-state index in [1.807, 2.05) is 0 Å². The molecule has 0 aromatic heterocycles. The average Bonchev–Trinajstić information content (AvgIpc) is 2.29. The first-order valence-electron chi connectivity index (χ1n) is 4.67. The van der Waals surface area contributed by atoms with Crippen molar-refractivity contribution >= 4 is 0 Å². The molecule has 0 radical (unpaired) electrons. The van der Waals surface area contributed by atoms with Crippen LogP contribution in [-0.4, -0.2) is 24.5 Å². The molecule has 0 aromatic rings. The van der Waals surface area contributed by atoms with Crippen LogP contribution in [0.2, 0.25) is 0 Å². The molecule has 0 bridgehead atoms. The summed E-state index contributed by atoms with van der Waals surface area (Å²) in [5.74, 6) is 1.07. The van der Waals surface area contributed by atoms with Gasteiger partial charge in [0.1, 0.15) is 0 Å². The molecule has 1 aliphatic carbocycles. The molecule has 0 aromatic carbocycles. The minimum Gasteiger partial charge on any atom is -0.358 e. The van der Waals surface area contributed by atoms with E-state index in [-0.39, 0.29) is 66.2 Å². The first-order valence-corrected chi connectivity index (χ1v) is 4.67. The topological polar surface area (TPSA) is 3.24 Å². The van der Waals surface area contributed by atoms with Crippen LogP contribution in [-0.2, 0) is 0 Å². The molecule has 0 unspecified atom stereocenters. The third-order valence-corrected chi connectivity index (χ3v) is 2.94. The van der Waals surface area contributed by atoms with E-state index in [0.29, 0.717) is 0 Å². The van der Waals surface area contributed by atoms with Crippen LogP contribution in [0.25, 0.3) is 0 Å². The Kier molecular flexibility index (Phi) is 11.6. The first kappa shape index (κ1) is 17.0. The van der Waals surface area contributed by atoms with Crippen molar-refractivity contribution in [2.75, 3.05) is 19.6 Å². The van der Waals surface area contributed by atoms with Crippen LogP contribution in [0.1, 0.15) is 32.1 Å². The van der Waals surface area contributed by atoms with Crippen LogP contribution >= 0.6 is 0 Å². The summed E-state index contributed by atoms with van der Waals surface area (Å²) in [5, 5.41) is 0. The smallest absolute Gasteiger partial charge is 0.358 e. The van der Waals surface area contributed by atoms with Gasteiger partial charge in [-0.15, -0.1) is 0 Å². The second kappa shape index (κ2) is 8.87. The van der Waals surface area contributed by atoms with Gasteiger partial charge >= 0.3 is 51.4 Å². The van der Waals surface area contributed by atoms with Crippen molar-refractivity contribution in [2.24, 2.45) is 5.92 Å². The van der Waals surface area contributed by atoms with Crippen molar-refractivity contribution < 1.29 is 51.4 Å². The zero-order valence-corrected chi connectivity index (χ0v) is 12.8. The predicted octanol–water partition coefficient (Wildman–Crippen LogP) is -0.213. The van der Waals surface area contributed by atoms with Gasteiger partial charge in [0.2, 0.25) is 0 Å². The van der Waals surface area contributed by atoms with Crippen LogP contribution in [0, 0.1) is 20.8 Å². The summed E-state index contributed by atoms with van der Waals surface area (Å²) in [7, 11) is 0. The van der Waals surface area contributed by atoms with Gasteiger partial charge in [-0.1, -0.05) is 12.8 Å². The Morgan fingerprint density at radius 1 is 0.923 bits per heavy atom. The molecule has 0 N–H and O–H groups in total. The number of nitrogens with zero attached hydrogens (tertiary/aromatic N) is 1. The van der Waals surface area contributed by atoms with Crippen molar-refractivity contribution in [1.82, 2.24) is 4.90 Å². The van der Waals surface area contributed by atoms with E-state index in [4.69, 9.17) is 0 Å². The molecular formula is C11H23KN-. The van der Waals surface area contributed by atoms with E-state index in [0.717, 1.165) is 5.92 Å². The standard InChI is InChI=1S/C9H17N.2CH3.K/c1-2-5-9(4-1)8-10-6-3-7-10;;;/h9H,1-8H2;2*1H3;/q;2*-1;+1. The van der Waals surface area contributed by atoms with Crippen molar-refractivity contribution in [3.63, 3.8) is 0 Å². The van der Waals surface area contributed by atoms with Crippen LogP contribution in [0.5, 0.6) is 0 Å². The Bertz CT molecular complexity index is 107. The van der Waals surface area contributed by atoms with Crippen LogP contribution in [0.3, 0.4) is 0 Å². The van der Waals surface area contributed by atoms with E-state index >= 15 is 0 Å². The van der Waals surface area contributed by atoms with Gasteiger partial charge < -0.3 is 19.8 Å². The van der Waals surface area contributed by atoms with Crippen molar-refractivity contribution in [2.45, 2.75) is 32.1 Å². The Morgan fingerprint density at radius 2 is 1.46 bits per heavy atom. The molecule has 1 heterocycles.